The first-order valence-corrected chi connectivity index (χ1v) is 9.27. The van der Waals surface area contributed by atoms with E-state index in [1.807, 2.05) is 0 Å². The Bertz CT molecular complexity index is 573. The highest BCUT2D eigenvalue weighted by Crippen LogP contribution is 2.65. The topological polar surface area (TPSA) is 63.6 Å². The van der Waals surface area contributed by atoms with Gasteiger partial charge in [-0.1, -0.05) is 19.0 Å². The number of carbonyl (C=O) groups is 2. The zero-order chi connectivity index (χ0) is 16.4. The Morgan fingerprint density at radius 1 is 1.04 bits per heavy atom. The molecule has 0 bridgehead atoms. The van der Waals surface area contributed by atoms with Crippen LogP contribution in [0.15, 0.2) is 5.18 Å². The van der Waals surface area contributed by atoms with Crippen LogP contribution in [0.2, 0.25) is 0 Å². The molecule has 2 unspecified atom stereocenters. The van der Waals surface area contributed by atoms with E-state index in [1.54, 1.807) is 0 Å². The van der Waals surface area contributed by atoms with Crippen molar-refractivity contribution in [3.8, 4) is 0 Å². The summed E-state index contributed by atoms with van der Waals surface area (Å²) in [4.78, 5) is 36.0. The third kappa shape index (κ3) is 1.96. The molecule has 0 amide bonds. The number of rotatable bonds is 1. The smallest absolute Gasteiger partial charge is 0.139 e. The number of hydrogen-bond donors (Lipinski definition) is 0. The molecular formula is C19H27NO3. The van der Waals surface area contributed by atoms with Crippen LogP contribution >= 0.6 is 0 Å². The standard InChI is InChI=1S/C19H27NO3/c1-18-7-5-12(21)9-11(18)10-15(20-23)17-13-3-4-16(22)19(13,2)8-6-14(17)18/h11,13-15,17H,3-10H2,1-2H3/t11?,13-,14-,15?,17-,18-,19-/m0/s1. The van der Waals surface area contributed by atoms with Crippen LogP contribution in [0.25, 0.3) is 0 Å². The SMILES string of the molecule is C[C@]12CCC(=O)CC1CC(N=O)[C@@H]1[C@@H]2CC[C@]2(C)C(=O)CC[C@@H]12. The van der Waals surface area contributed by atoms with Crippen LogP contribution in [0.4, 0.5) is 0 Å². The van der Waals surface area contributed by atoms with Gasteiger partial charge in [-0.3, -0.25) is 9.59 Å². The summed E-state index contributed by atoms with van der Waals surface area (Å²) in [5.41, 5.74) is -0.0650. The quantitative estimate of drug-likeness (QED) is 0.689. The van der Waals surface area contributed by atoms with Crippen molar-refractivity contribution in [3.05, 3.63) is 4.91 Å². The Morgan fingerprint density at radius 2 is 1.83 bits per heavy atom. The van der Waals surface area contributed by atoms with Crippen molar-refractivity contribution in [1.29, 1.82) is 0 Å². The molecule has 0 heterocycles. The minimum Gasteiger partial charge on any atom is -0.300 e. The van der Waals surface area contributed by atoms with Crippen molar-refractivity contribution >= 4 is 11.6 Å². The normalized spacial score (nSPS) is 52.5. The number of nitrogens with zero attached hydrogens (tertiary/aromatic N) is 1. The van der Waals surface area contributed by atoms with Gasteiger partial charge in [0, 0.05) is 24.7 Å². The van der Waals surface area contributed by atoms with Gasteiger partial charge in [-0.2, -0.15) is 4.91 Å². The Kier molecular flexibility index (Phi) is 3.34. The second-order valence-electron chi connectivity index (χ2n) is 9.06. The predicted octanol–water partition coefficient (Wildman–Crippen LogP) is 3.91. The van der Waals surface area contributed by atoms with Crippen LogP contribution in [-0.2, 0) is 9.59 Å². The Labute approximate surface area is 137 Å². The van der Waals surface area contributed by atoms with E-state index in [9.17, 15) is 14.5 Å². The maximum atomic E-state index is 12.5. The number of carbonyl (C=O) groups excluding carboxylic acids is 2. The lowest BCUT2D eigenvalue weighted by molar-refractivity contribution is -0.146. The molecule has 0 N–H and O–H groups in total. The fourth-order valence-electron chi connectivity index (χ4n) is 6.90. The van der Waals surface area contributed by atoms with Gasteiger partial charge in [-0.05, 0) is 61.2 Å². The Morgan fingerprint density at radius 3 is 2.57 bits per heavy atom. The summed E-state index contributed by atoms with van der Waals surface area (Å²) >= 11 is 0. The molecule has 4 aliphatic rings. The summed E-state index contributed by atoms with van der Waals surface area (Å²) in [6, 6.07) is -0.195. The lowest BCUT2D eigenvalue weighted by Crippen LogP contribution is -2.57. The van der Waals surface area contributed by atoms with E-state index in [0.717, 1.165) is 32.1 Å². The van der Waals surface area contributed by atoms with Gasteiger partial charge in [0.15, 0.2) is 0 Å². The maximum Gasteiger partial charge on any atom is 0.139 e. The lowest BCUT2D eigenvalue weighted by Gasteiger charge is -2.60. The molecule has 0 aromatic carbocycles. The van der Waals surface area contributed by atoms with E-state index < -0.39 is 0 Å². The first-order chi connectivity index (χ1) is 10.9. The summed E-state index contributed by atoms with van der Waals surface area (Å²) in [7, 11) is 0. The summed E-state index contributed by atoms with van der Waals surface area (Å²) < 4.78 is 0. The van der Waals surface area contributed by atoms with E-state index in [4.69, 9.17) is 0 Å². The molecule has 0 aromatic rings. The highest BCUT2D eigenvalue weighted by atomic mass is 16.3. The molecule has 7 atom stereocenters. The zero-order valence-electron chi connectivity index (χ0n) is 14.2. The van der Waals surface area contributed by atoms with Crippen molar-refractivity contribution in [3.63, 3.8) is 0 Å². The number of hydrogen-bond acceptors (Lipinski definition) is 4. The molecule has 0 radical (unpaired) electrons. The van der Waals surface area contributed by atoms with Crippen molar-refractivity contribution in [1.82, 2.24) is 0 Å². The second kappa shape index (κ2) is 4.97. The van der Waals surface area contributed by atoms with Crippen molar-refractivity contribution < 1.29 is 9.59 Å². The fraction of sp³-hybridized carbons (Fsp3) is 0.895. The summed E-state index contributed by atoms with van der Waals surface area (Å²) in [5.74, 6) is 2.11. The molecule has 4 heteroatoms. The molecule has 0 aromatic heterocycles. The highest BCUT2D eigenvalue weighted by molar-refractivity contribution is 5.87. The van der Waals surface area contributed by atoms with Crippen LogP contribution in [-0.4, -0.2) is 17.6 Å². The molecule has 126 valence electrons. The van der Waals surface area contributed by atoms with Gasteiger partial charge in [-0.15, -0.1) is 0 Å². The average Bonchev–Trinajstić information content (AvgIpc) is 2.83. The van der Waals surface area contributed by atoms with Gasteiger partial charge in [0.2, 0.25) is 0 Å². The van der Waals surface area contributed by atoms with Crippen molar-refractivity contribution in [2.45, 2.75) is 71.3 Å². The predicted molar refractivity (Wildman–Crippen MR) is 86.7 cm³/mol. The van der Waals surface area contributed by atoms with Gasteiger partial charge >= 0.3 is 0 Å². The van der Waals surface area contributed by atoms with Gasteiger partial charge in [0.1, 0.15) is 11.6 Å². The molecule has 0 saturated heterocycles. The van der Waals surface area contributed by atoms with Crippen LogP contribution in [0, 0.1) is 39.4 Å². The van der Waals surface area contributed by atoms with Crippen molar-refractivity contribution in [2.75, 3.05) is 0 Å². The number of nitroso groups, excluding NO2 is 1. The summed E-state index contributed by atoms with van der Waals surface area (Å²) in [6.07, 6.45) is 6.63. The van der Waals surface area contributed by atoms with E-state index in [2.05, 4.69) is 19.0 Å². The molecule has 4 fully saturated rings. The molecule has 4 rings (SSSR count). The summed E-state index contributed by atoms with van der Waals surface area (Å²) in [6.45, 7) is 4.48. The monoisotopic (exact) mass is 317 g/mol. The van der Waals surface area contributed by atoms with Crippen LogP contribution < -0.4 is 0 Å². The number of ketones is 2. The van der Waals surface area contributed by atoms with E-state index in [1.165, 1.54) is 0 Å². The molecule has 4 saturated carbocycles. The van der Waals surface area contributed by atoms with Gasteiger partial charge in [0.05, 0.1) is 6.04 Å². The third-order valence-electron chi connectivity index (χ3n) is 8.34. The highest BCUT2D eigenvalue weighted by Gasteiger charge is 2.63. The van der Waals surface area contributed by atoms with Crippen LogP contribution in [0.1, 0.15) is 65.2 Å². The lowest BCUT2D eigenvalue weighted by atomic mass is 9.44. The van der Waals surface area contributed by atoms with E-state index in [-0.39, 0.29) is 22.8 Å². The molecular weight excluding hydrogens is 290 g/mol. The zero-order valence-corrected chi connectivity index (χ0v) is 14.2. The molecule has 4 nitrogen and oxygen atoms in total. The van der Waals surface area contributed by atoms with Gasteiger partial charge < -0.3 is 0 Å². The van der Waals surface area contributed by atoms with Gasteiger partial charge in [0.25, 0.3) is 0 Å². The van der Waals surface area contributed by atoms with Crippen LogP contribution in [0.5, 0.6) is 0 Å². The first kappa shape index (κ1) is 15.5. The molecule has 4 aliphatic carbocycles. The van der Waals surface area contributed by atoms with E-state index in [0.29, 0.717) is 48.6 Å². The minimum atomic E-state index is -0.224. The van der Waals surface area contributed by atoms with Crippen molar-refractivity contribution in [2.24, 2.45) is 39.7 Å². The van der Waals surface area contributed by atoms with E-state index >= 15 is 0 Å². The Balaban J connectivity index is 1.73. The third-order valence-corrected chi connectivity index (χ3v) is 8.34. The Hall–Kier alpha value is -1.06. The first-order valence-electron chi connectivity index (χ1n) is 9.27. The second-order valence-corrected chi connectivity index (χ2v) is 9.06. The van der Waals surface area contributed by atoms with Gasteiger partial charge in [-0.25, -0.2) is 0 Å². The number of Topliss-reactive ketones (excluding diaryl/α,β-unsaturated/α-hetero) is 2. The fourth-order valence-corrected chi connectivity index (χ4v) is 6.90. The summed E-state index contributed by atoms with van der Waals surface area (Å²) in [5, 5.41) is 3.52. The molecule has 0 spiro atoms. The number of fused-ring (bicyclic) bond motifs is 5. The molecule has 23 heavy (non-hydrogen) atoms. The largest absolute Gasteiger partial charge is 0.300 e. The average molecular weight is 317 g/mol. The minimum absolute atomic E-state index is 0.159. The molecule has 0 aliphatic heterocycles. The van der Waals surface area contributed by atoms with Crippen LogP contribution in [0.3, 0.4) is 0 Å². The maximum absolute atomic E-state index is 12.5.